The number of imidazole rings is 1. The van der Waals surface area contributed by atoms with Gasteiger partial charge in [0.15, 0.2) is 0 Å². The smallest absolute Gasteiger partial charge is 0.238 e. The van der Waals surface area contributed by atoms with Gasteiger partial charge in [0, 0.05) is 5.69 Å². The largest absolute Gasteiger partial charge is 0.509 e. The average Bonchev–Trinajstić information content (AvgIpc) is 3.14. The van der Waals surface area contributed by atoms with Crippen LogP contribution in [-0.2, 0) is 10.0 Å². The average molecular weight is 387 g/mol. The van der Waals surface area contributed by atoms with Gasteiger partial charge >= 0.3 is 0 Å². The number of nitrogens with one attached hydrogen (secondary N) is 2. The Morgan fingerprint density at radius 2 is 1.93 bits per heavy atom. The van der Waals surface area contributed by atoms with Gasteiger partial charge in [0.1, 0.15) is 23.2 Å². The molecule has 8 nitrogen and oxygen atoms in total. The zero-order valence-corrected chi connectivity index (χ0v) is 14.6. The van der Waals surface area contributed by atoms with Gasteiger partial charge in [-0.1, -0.05) is 0 Å². The number of halogens is 1. The summed E-state index contributed by atoms with van der Waals surface area (Å²) in [6, 6.07) is 9.72. The van der Waals surface area contributed by atoms with Crippen LogP contribution >= 0.6 is 0 Å². The molecule has 3 aromatic rings. The predicted octanol–water partition coefficient (Wildman–Crippen LogP) is 2.12. The summed E-state index contributed by atoms with van der Waals surface area (Å²) < 4.78 is 36.1. The first kappa shape index (κ1) is 17.2. The molecule has 1 aromatic heterocycles. The van der Waals surface area contributed by atoms with Crippen molar-refractivity contribution in [1.29, 1.82) is 5.41 Å². The zero-order valence-electron chi connectivity index (χ0n) is 13.8. The van der Waals surface area contributed by atoms with Crippen LogP contribution in [0.25, 0.3) is 16.6 Å². The fraction of sp³-hybridized carbons (Fsp3) is 0.0588. The molecule has 2 heterocycles. The van der Waals surface area contributed by atoms with E-state index < -0.39 is 15.8 Å². The van der Waals surface area contributed by atoms with E-state index in [-0.39, 0.29) is 34.4 Å². The van der Waals surface area contributed by atoms with Gasteiger partial charge in [0.25, 0.3) is 0 Å². The molecule has 10 heteroatoms. The summed E-state index contributed by atoms with van der Waals surface area (Å²) in [5.74, 6) is -0.263. The lowest BCUT2D eigenvalue weighted by molar-refractivity contribution is 0.411. The lowest BCUT2D eigenvalue weighted by atomic mass is 10.2. The summed E-state index contributed by atoms with van der Waals surface area (Å²) in [7, 11) is -3.82. The molecule has 0 fully saturated rings. The predicted molar refractivity (Wildman–Crippen MR) is 98.5 cm³/mol. The molecule has 0 spiro atoms. The molecule has 0 bridgehead atoms. The summed E-state index contributed by atoms with van der Waals surface area (Å²) in [6.07, 6.45) is 0. The molecule has 1 aliphatic rings. The van der Waals surface area contributed by atoms with Crippen LogP contribution in [0.3, 0.4) is 0 Å². The van der Waals surface area contributed by atoms with Crippen molar-refractivity contribution >= 4 is 38.2 Å². The minimum atomic E-state index is -3.82. The number of hydrogen-bond donors (Lipinski definition) is 4. The molecular weight excluding hydrogens is 373 g/mol. The van der Waals surface area contributed by atoms with Crippen LogP contribution in [0.2, 0.25) is 0 Å². The Bertz CT molecular complexity index is 1220. The van der Waals surface area contributed by atoms with Gasteiger partial charge in [-0.05, 0) is 42.5 Å². The highest BCUT2D eigenvalue weighted by atomic mass is 32.2. The number of nitrogens with two attached hydrogens (primary N) is 1. The van der Waals surface area contributed by atoms with Crippen molar-refractivity contribution in [3.05, 3.63) is 59.9 Å². The Morgan fingerprint density at radius 1 is 1.22 bits per heavy atom. The summed E-state index contributed by atoms with van der Waals surface area (Å²) >= 11 is 0. The number of H-pyrrole nitrogens is 1. The molecule has 5 N–H and O–H groups in total. The maximum atomic E-state index is 13.4. The second-order valence-corrected chi connectivity index (χ2v) is 7.60. The highest BCUT2D eigenvalue weighted by Crippen LogP contribution is 2.31. The first-order valence-corrected chi connectivity index (χ1v) is 9.36. The number of aliphatic hydroxyl groups excluding tert-OH is 1. The maximum Gasteiger partial charge on any atom is 0.238 e. The van der Waals surface area contributed by atoms with Gasteiger partial charge in [0.05, 0.1) is 28.0 Å². The molecule has 0 atom stereocenters. The Balaban J connectivity index is 1.68. The number of aliphatic hydroxyl groups is 1. The minimum absolute atomic E-state index is 0.0182. The number of rotatable bonds is 3. The molecular formula is C17H14FN5O3S. The summed E-state index contributed by atoms with van der Waals surface area (Å²) in [6.45, 7) is 0.0221. The maximum absolute atomic E-state index is 13.4. The molecule has 27 heavy (non-hydrogen) atoms. The normalized spacial score (nSPS) is 15.2. The third kappa shape index (κ3) is 2.94. The zero-order chi connectivity index (χ0) is 19.3. The number of aromatic amines is 1. The van der Waals surface area contributed by atoms with E-state index in [1.807, 2.05) is 0 Å². The highest BCUT2D eigenvalue weighted by Gasteiger charge is 2.31. The number of anilines is 1. The van der Waals surface area contributed by atoms with Crippen LogP contribution in [0.15, 0.2) is 53.1 Å². The highest BCUT2D eigenvalue weighted by molar-refractivity contribution is 7.89. The summed E-state index contributed by atoms with van der Waals surface area (Å²) in [4.78, 5) is 8.66. The second kappa shape index (κ2) is 5.89. The van der Waals surface area contributed by atoms with Gasteiger partial charge in [-0.3, -0.25) is 5.41 Å². The summed E-state index contributed by atoms with van der Waals surface area (Å²) in [5, 5.41) is 23.8. The first-order chi connectivity index (χ1) is 12.7. The van der Waals surface area contributed by atoms with E-state index in [0.29, 0.717) is 16.7 Å². The molecule has 0 radical (unpaired) electrons. The fourth-order valence-corrected chi connectivity index (χ4v) is 3.48. The van der Waals surface area contributed by atoms with Crippen LogP contribution < -0.4 is 10.0 Å². The van der Waals surface area contributed by atoms with E-state index in [0.717, 1.165) is 0 Å². The number of amidine groups is 1. The Kier molecular flexibility index (Phi) is 3.75. The molecule has 0 amide bonds. The molecule has 1 aliphatic heterocycles. The van der Waals surface area contributed by atoms with E-state index in [9.17, 15) is 17.9 Å². The molecule has 0 unspecified atom stereocenters. The monoisotopic (exact) mass is 387 g/mol. The third-order valence-electron chi connectivity index (χ3n) is 4.26. The van der Waals surface area contributed by atoms with Crippen molar-refractivity contribution in [2.45, 2.75) is 4.90 Å². The van der Waals surface area contributed by atoms with E-state index in [2.05, 4.69) is 9.97 Å². The number of aromatic nitrogens is 2. The molecule has 0 saturated heterocycles. The van der Waals surface area contributed by atoms with Crippen LogP contribution in [0.5, 0.6) is 0 Å². The van der Waals surface area contributed by atoms with Gasteiger partial charge in [-0.15, -0.1) is 0 Å². The molecule has 138 valence electrons. The van der Waals surface area contributed by atoms with Crippen molar-refractivity contribution in [2.24, 2.45) is 5.14 Å². The second-order valence-electron chi connectivity index (χ2n) is 6.04. The third-order valence-corrected chi connectivity index (χ3v) is 5.19. The standard InChI is InChI=1S/C17H14FN5O3S/c18-9-1-6-12-13(7-9)22-17(21-12)15-14(24)8-23(16(15)19)10-2-4-11(5-3-10)27(20,25)26/h1-7,19,24H,8H2,(H,21,22)(H2,20,25,26). The van der Waals surface area contributed by atoms with Gasteiger partial charge < -0.3 is 15.0 Å². The van der Waals surface area contributed by atoms with E-state index in [1.165, 1.54) is 47.4 Å². The fourth-order valence-electron chi connectivity index (χ4n) is 2.96. The number of nitrogens with zero attached hydrogens (tertiary/aromatic N) is 2. The first-order valence-electron chi connectivity index (χ1n) is 7.81. The Labute approximate surface area is 153 Å². The lowest BCUT2D eigenvalue weighted by Gasteiger charge is -2.18. The van der Waals surface area contributed by atoms with Gasteiger partial charge in [-0.2, -0.15) is 0 Å². The molecule has 2 aromatic carbocycles. The van der Waals surface area contributed by atoms with Crippen LogP contribution in [0.4, 0.5) is 10.1 Å². The number of sulfonamides is 1. The van der Waals surface area contributed by atoms with Gasteiger partial charge in [0.2, 0.25) is 10.0 Å². The number of primary sulfonamides is 1. The lowest BCUT2D eigenvalue weighted by Crippen LogP contribution is -2.26. The SMILES string of the molecule is N=C1C(c2nc3ccc(F)cc3[nH]2)=C(O)CN1c1ccc(S(N)(=O)=O)cc1. The van der Waals surface area contributed by atoms with Crippen molar-refractivity contribution in [3.63, 3.8) is 0 Å². The summed E-state index contributed by atoms with van der Waals surface area (Å²) in [5.41, 5.74) is 1.67. The quantitative estimate of drug-likeness (QED) is 0.546. The number of hydrogen-bond acceptors (Lipinski definition) is 5. The van der Waals surface area contributed by atoms with E-state index >= 15 is 0 Å². The van der Waals surface area contributed by atoms with E-state index in [1.54, 1.807) is 0 Å². The number of fused-ring (bicyclic) bond motifs is 1. The van der Waals surface area contributed by atoms with Gasteiger partial charge in [-0.25, -0.2) is 22.9 Å². The minimum Gasteiger partial charge on any atom is -0.509 e. The number of benzene rings is 2. The van der Waals surface area contributed by atoms with E-state index in [4.69, 9.17) is 10.5 Å². The molecule has 4 rings (SSSR count). The molecule has 0 saturated carbocycles. The Morgan fingerprint density at radius 3 is 2.59 bits per heavy atom. The van der Waals surface area contributed by atoms with Crippen molar-refractivity contribution in [2.75, 3.05) is 11.4 Å². The topological polar surface area (TPSA) is 136 Å². The van der Waals surface area contributed by atoms with Crippen LogP contribution in [-0.4, -0.2) is 35.9 Å². The van der Waals surface area contributed by atoms with Crippen molar-refractivity contribution in [1.82, 2.24) is 9.97 Å². The van der Waals surface area contributed by atoms with Crippen LogP contribution in [0, 0.1) is 11.2 Å². The molecule has 0 aliphatic carbocycles. The van der Waals surface area contributed by atoms with Crippen molar-refractivity contribution < 1.29 is 17.9 Å². The van der Waals surface area contributed by atoms with Crippen molar-refractivity contribution in [3.8, 4) is 0 Å². The Hall–Kier alpha value is -3.24. The van der Waals surface area contributed by atoms with Crippen LogP contribution in [0.1, 0.15) is 5.82 Å².